The Bertz CT molecular complexity index is 3220. The summed E-state index contributed by atoms with van der Waals surface area (Å²) in [6, 6.07) is 64.3. The predicted molar refractivity (Wildman–Crippen MR) is 249 cm³/mol. The number of nitrogens with zero attached hydrogens (tertiary/aromatic N) is 1. The van der Waals surface area contributed by atoms with Crippen LogP contribution >= 0.6 is 11.3 Å². The van der Waals surface area contributed by atoms with E-state index in [0.29, 0.717) is 5.92 Å². The van der Waals surface area contributed by atoms with E-state index in [9.17, 15) is 0 Å². The molecule has 4 atom stereocenters. The Kier molecular flexibility index (Phi) is 7.30. The molecule has 0 saturated heterocycles. The maximum Gasteiger partial charge on any atom is 0.121 e. The number of benzene rings is 8. The van der Waals surface area contributed by atoms with Crippen LogP contribution in [0.4, 0.5) is 5.00 Å². The van der Waals surface area contributed by atoms with Crippen molar-refractivity contribution in [1.29, 1.82) is 0 Å². The van der Waals surface area contributed by atoms with Gasteiger partial charge in [-0.3, -0.25) is 0 Å². The Balaban J connectivity index is 1.03. The van der Waals surface area contributed by atoms with Gasteiger partial charge >= 0.3 is 0 Å². The third-order valence-electron chi connectivity index (χ3n) is 14.3. The molecule has 0 bridgehead atoms. The van der Waals surface area contributed by atoms with E-state index in [2.05, 4.69) is 177 Å². The second-order valence-electron chi connectivity index (χ2n) is 17.1. The van der Waals surface area contributed by atoms with Gasteiger partial charge in [0.15, 0.2) is 0 Å². The van der Waals surface area contributed by atoms with E-state index in [1.54, 1.807) is 5.56 Å². The van der Waals surface area contributed by atoms with E-state index in [1.807, 2.05) is 11.3 Å². The zero-order valence-electron chi connectivity index (χ0n) is 33.0. The van der Waals surface area contributed by atoms with Crippen LogP contribution in [0.5, 0.6) is 0 Å². The highest BCUT2D eigenvalue weighted by molar-refractivity contribution is 7.22. The van der Waals surface area contributed by atoms with Crippen molar-refractivity contribution in [3.8, 4) is 44.5 Å². The molecule has 59 heavy (non-hydrogen) atoms. The lowest BCUT2D eigenvalue weighted by Crippen LogP contribution is -2.32. The van der Waals surface area contributed by atoms with Gasteiger partial charge in [-0.15, -0.1) is 11.3 Å². The highest BCUT2D eigenvalue weighted by atomic mass is 32.1. The van der Waals surface area contributed by atoms with Crippen LogP contribution < -0.4 is 0 Å². The summed E-state index contributed by atoms with van der Waals surface area (Å²) in [6.07, 6.45) is 3.06. The molecule has 0 spiro atoms. The molecule has 2 heterocycles. The Hall–Kier alpha value is -6.35. The van der Waals surface area contributed by atoms with Crippen LogP contribution in [0.2, 0.25) is 0 Å². The van der Waals surface area contributed by atoms with Crippen LogP contribution in [0.25, 0.3) is 65.4 Å². The van der Waals surface area contributed by atoms with E-state index in [0.717, 1.165) is 19.3 Å². The van der Waals surface area contributed by atoms with Crippen molar-refractivity contribution in [1.82, 2.24) is 0 Å². The minimum absolute atomic E-state index is 0.257. The van der Waals surface area contributed by atoms with Crippen molar-refractivity contribution in [2.75, 3.05) is 0 Å². The van der Waals surface area contributed by atoms with E-state index in [4.69, 9.17) is 4.99 Å². The molecule has 4 unspecified atom stereocenters. The van der Waals surface area contributed by atoms with Crippen molar-refractivity contribution in [2.45, 2.75) is 43.9 Å². The van der Waals surface area contributed by atoms with Gasteiger partial charge < -0.3 is 0 Å². The number of hydrogen-bond donors (Lipinski definition) is 0. The summed E-state index contributed by atoms with van der Waals surface area (Å²) in [5.74, 6) is 1.16. The number of fused-ring (bicyclic) bond motifs is 14. The maximum atomic E-state index is 5.65. The van der Waals surface area contributed by atoms with Crippen molar-refractivity contribution in [2.24, 2.45) is 10.9 Å². The van der Waals surface area contributed by atoms with Crippen molar-refractivity contribution < 1.29 is 0 Å². The standard InChI is InChI=1S/C57H41NS/c1-2-39-52(55-44-22-12-13-23-49(44)59-57(55)58-56(39)36-26-24-34(25-27-36)33-14-4-3-5-15-33)47-32-38-31-46-40-18-8-7-17-37(40)30-48-51-41-19-9-6-16-35(41)28-29-45(51)54(53(46)48)50(38)43-21-11-10-20-42(43)47/h3-29,31,39,47-48,52H,2,30,32H2,1H3. The summed E-state index contributed by atoms with van der Waals surface area (Å²) in [6.45, 7) is 2.39. The van der Waals surface area contributed by atoms with Gasteiger partial charge in [0.05, 0.1) is 5.71 Å². The quantitative estimate of drug-likeness (QED) is 0.169. The summed E-state index contributed by atoms with van der Waals surface area (Å²) >= 11 is 1.87. The molecule has 0 N–H and O–H groups in total. The Morgan fingerprint density at radius 3 is 2.10 bits per heavy atom. The molecule has 3 aliphatic carbocycles. The Morgan fingerprint density at radius 1 is 0.525 bits per heavy atom. The fourth-order valence-electron chi connectivity index (χ4n) is 11.9. The molecule has 0 fully saturated rings. The van der Waals surface area contributed by atoms with Crippen molar-refractivity contribution >= 4 is 42.9 Å². The summed E-state index contributed by atoms with van der Waals surface area (Å²) in [7, 11) is 0. The van der Waals surface area contributed by atoms with Gasteiger partial charge in [-0.05, 0) is 125 Å². The third kappa shape index (κ3) is 4.81. The number of rotatable bonds is 4. The average molecular weight is 772 g/mol. The number of aliphatic imine (C=N–C) groups is 1. The fraction of sp³-hybridized carbons (Fsp3) is 0.140. The third-order valence-corrected chi connectivity index (χ3v) is 15.4. The first kappa shape index (κ1) is 33.6. The van der Waals surface area contributed by atoms with Crippen molar-refractivity contribution in [3.05, 3.63) is 209 Å². The molecule has 4 aliphatic rings. The lowest BCUT2D eigenvalue weighted by Gasteiger charge is -2.41. The number of hydrogen-bond acceptors (Lipinski definition) is 2. The molecule has 0 saturated carbocycles. The molecule has 0 amide bonds. The van der Waals surface area contributed by atoms with Crippen molar-refractivity contribution in [3.63, 3.8) is 0 Å². The van der Waals surface area contributed by atoms with Gasteiger partial charge in [-0.1, -0.05) is 171 Å². The highest BCUT2D eigenvalue weighted by Crippen LogP contribution is 2.63. The molecular formula is C57H41NS. The van der Waals surface area contributed by atoms with Gasteiger partial charge in [0.2, 0.25) is 0 Å². The smallest absolute Gasteiger partial charge is 0.121 e. The zero-order valence-corrected chi connectivity index (χ0v) is 33.8. The van der Waals surface area contributed by atoms with Gasteiger partial charge in [-0.2, -0.15) is 0 Å². The summed E-state index contributed by atoms with van der Waals surface area (Å²) in [5, 5.41) is 5.31. The SMILES string of the molecule is CCC1C(c2ccc(-c3ccccc3)cc2)=Nc2sc3ccccc3c2C1C1Cc2cc3c4c(c2-c2ccccc21)-c1ccc2ccccc2c1C4Cc1ccccc1-3. The Morgan fingerprint density at radius 2 is 1.24 bits per heavy atom. The topological polar surface area (TPSA) is 12.4 Å². The molecule has 1 nitrogen and oxygen atoms in total. The molecule has 2 heteroatoms. The minimum Gasteiger partial charge on any atom is -0.241 e. The van der Waals surface area contributed by atoms with Crippen LogP contribution in [0.1, 0.15) is 70.0 Å². The van der Waals surface area contributed by atoms with Gasteiger partial charge in [0, 0.05) is 28.0 Å². The molecule has 1 aromatic heterocycles. The predicted octanol–water partition coefficient (Wildman–Crippen LogP) is 15.3. The number of thiophene rings is 1. The molecule has 9 aromatic rings. The highest BCUT2D eigenvalue weighted by Gasteiger charge is 2.45. The first-order valence-electron chi connectivity index (χ1n) is 21.4. The molecule has 1 aliphatic heterocycles. The normalized spacial score (nSPS) is 19.3. The van der Waals surface area contributed by atoms with Crippen LogP contribution in [0.15, 0.2) is 175 Å². The van der Waals surface area contributed by atoms with E-state index in [1.165, 1.54) is 109 Å². The van der Waals surface area contributed by atoms with Gasteiger partial charge in [-0.25, -0.2) is 4.99 Å². The van der Waals surface area contributed by atoms with Crippen LogP contribution in [0, 0.1) is 5.92 Å². The van der Waals surface area contributed by atoms with Crippen LogP contribution in [-0.2, 0) is 12.8 Å². The van der Waals surface area contributed by atoms with Crippen LogP contribution in [0.3, 0.4) is 0 Å². The lowest BCUT2D eigenvalue weighted by molar-refractivity contribution is 0.432. The van der Waals surface area contributed by atoms with Gasteiger partial charge in [0.1, 0.15) is 5.00 Å². The summed E-state index contributed by atoms with van der Waals surface area (Å²) < 4.78 is 1.33. The summed E-state index contributed by atoms with van der Waals surface area (Å²) in [5.41, 5.74) is 22.6. The van der Waals surface area contributed by atoms with E-state index in [-0.39, 0.29) is 17.8 Å². The monoisotopic (exact) mass is 771 g/mol. The molecule has 0 radical (unpaired) electrons. The largest absolute Gasteiger partial charge is 0.241 e. The first-order chi connectivity index (χ1) is 29.2. The van der Waals surface area contributed by atoms with E-state index < -0.39 is 0 Å². The second kappa shape index (κ2) is 12.8. The molecule has 13 rings (SSSR count). The maximum absolute atomic E-state index is 5.65. The summed E-state index contributed by atoms with van der Waals surface area (Å²) in [4.78, 5) is 5.65. The first-order valence-corrected chi connectivity index (χ1v) is 22.2. The molecule has 280 valence electrons. The van der Waals surface area contributed by atoms with Crippen LogP contribution in [-0.4, -0.2) is 5.71 Å². The van der Waals surface area contributed by atoms with Gasteiger partial charge in [0.25, 0.3) is 0 Å². The lowest BCUT2D eigenvalue weighted by atomic mass is 9.63. The zero-order chi connectivity index (χ0) is 38.8. The van der Waals surface area contributed by atoms with E-state index >= 15 is 0 Å². The fourth-order valence-corrected chi connectivity index (χ4v) is 13.1. The molecular weight excluding hydrogens is 731 g/mol. The minimum atomic E-state index is 0.257. The molecule has 8 aromatic carbocycles. The average Bonchev–Trinajstić information content (AvgIpc) is 3.84. The Labute approximate surface area is 349 Å². The second-order valence-corrected chi connectivity index (χ2v) is 18.1.